The van der Waals surface area contributed by atoms with Crippen LogP contribution in [0.25, 0.3) is 0 Å². The van der Waals surface area contributed by atoms with Crippen molar-refractivity contribution in [3.63, 3.8) is 0 Å². The van der Waals surface area contributed by atoms with Crippen molar-refractivity contribution in [1.29, 1.82) is 0 Å². The lowest BCUT2D eigenvalue weighted by Crippen LogP contribution is -2.32. The van der Waals surface area contributed by atoms with Crippen molar-refractivity contribution in [2.75, 3.05) is 18.5 Å². The molecule has 2 nitrogen and oxygen atoms in total. The largest absolute Gasteiger partial charge is 0.342 e. The topological polar surface area (TPSA) is 18.5 Å². The molecule has 0 aromatic carbocycles. The maximum absolute atomic E-state index is 5.65. The second-order valence-corrected chi connectivity index (χ2v) is 5.29. The third-order valence-electron chi connectivity index (χ3n) is 1.78. The van der Waals surface area contributed by atoms with Gasteiger partial charge in [0.1, 0.15) is 0 Å². The van der Waals surface area contributed by atoms with E-state index >= 15 is 0 Å². The Kier molecular flexibility index (Phi) is 5.39. The van der Waals surface area contributed by atoms with Crippen molar-refractivity contribution in [2.24, 2.45) is 0 Å². The van der Waals surface area contributed by atoms with Crippen LogP contribution in [-0.4, -0.2) is 22.3 Å². The molecule has 0 radical (unpaired) electrons. The van der Waals surface area contributed by atoms with Gasteiger partial charge in [-0.15, -0.1) is 0 Å². The van der Waals surface area contributed by atoms with Gasteiger partial charge in [-0.25, -0.2) is 0 Å². The molecule has 0 aromatic heterocycles. The van der Waals surface area contributed by atoms with E-state index in [2.05, 4.69) is 38.5 Å². The quantitative estimate of drug-likeness (QED) is 0.441. The molecule has 1 saturated heterocycles. The van der Waals surface area contributed by atoms with Crippen LogP contribution in [0.2, 0.25) is 0 Å². The summed E-state index contributed by atoms with van der Waals surface area (Å²) in [7, 11) is 0. The summed E-state index contributed by atoms with van der Waals surface area (Å²) >= 11 is 5.64. The molecule has 1 unspecified atom stereocenters. The molecule has 1 atom stereocenters. The molecule has 0 saturated carbocycles. The molecule has 72 valence electrons. The van der Waals surface area contributed by atoms with E-state index in [9.17, 15) is 0 Å². The van der Waals surface area contributed by atoms with Crippen LogP contribution in [0.4, 0.5) is 0 Å². The van der Waals surface area contributed by atoms with Gasteiger partial charge in [-0.2, -0.15) is 0 Å². The molecule has 1 rings (SSSR count). The molecule has 4 heteroatoms. The van der Waals surface area contributed by atoms with Gasteiger partial charge >= 0.3 is 0 Å². The lowest BCUT2D eigenvalue weighted by Gasteiger charge is -2.31. The number of alkyl halides is 2. The number of rotatable bonds is 4. The molecule has 1 aliphatic heterocycles. The summed E-state index contributed by atoms with van der Waals surface area (Å²) in [5.41, 5.74) is 0. The molecule has 12 heavy (non-hydrogen) atoms. The van der Waals surface area contributed by atoms with E-state index in [-0.39, 0.29) is 3.79 Å². The zero-order chi connectivity index (χ0) is 8.86. The molecule has 0 N–H and O–H groups in total. The molecule has 0 aliphatic carbocycles. The maximum Gasteiger partial charge on any atom is 0.221 e. The first-order valence-corrected chi connectivity index (χ1v) is 6.50. The Balaban J connectivity index is 2.17. The maximum atomic E-state index is 5.65. The third-order valence-corrected chi connectivity index (χ3v) is 3.51. The fourth-order valence-electron chi connectivity index (χ4n) is 1.13. The van der Waals surface area contributed by atoms with Gasteiger partial charge in [0.05, 0.1) is 13.2 Å². The minimum absolute atomic E-state index is 0.321. The van der Waals surface area contributed by atoms with Crippen LogP contribution in [0, 0.1) is 0 Å². The highest BCUT2D eigenvalue weighted by Gasteiger charge is 2.30. The summed E-state index contributed by atoms with van der Waals surface area (Å²) in [4.78, 5) is 0. The van der Waals surface area contributed by atoms with E-state index in [0.717, 1.165) is 31.4 Å². The summed E-state index contributed by atoms with van der Waals surface area (Å²) in [6, 6.07) is 0. The van der Waals surface area contributed by atoms with Crippen LogP contribution in [0.3, 0.4) is 0 Å². The van der Waals surface area contributed by atoms with E-state index in [1.807, 2.05) is 0 Å². The first-order valence-electron chi connectivity index (χ1n) is 4.30. The summed E-state index contributed by atoms with van der Waals surface area (Å²) in [6.07, 6.45) is 4.47. The highest BCUT2D eigenvalue weighted by atomic mass is 127. The molecule has 0 amide bonds. The van der Waals surface area contributed by atoms with Crippen LogP contribution in [-0.2, 0) is 9.47 Å². The predicted molar refractivity (Wildman–Crippen MR) is 60.9 cm³/mol. The minimum atomic E-state index is -0.321. The van der Waals surface area contributed by atoms with Crippen LogP contribution in [0.5, 0.6) is 0 Å². The van der Waals surface area contributed by atoms with E-state index in [0.29, 0.717) is 0 Å². The Morgan fingerprint density at radius 3 is 2.92 bits per heavy atom. The molecule has 1 aliphatic rings. The van der Waals surface area contributed by atoms with Gasteiger partial charge in [0, 0.05) is 11.8 Å². The van der Waals surface area contributed by atoms with Crippen molar-refractivity contribution in [1.82, 2.24) is 0 Å². The third kappa shape index (κ3) is 3.89. The number of hydrogen-bond acceptors (Lipinski definition) is 2. The average Bonchev–Trinajstić information content (AvgIpc) is 2.06. The van der Waals surface area contributed by atoms with E-state index < -0.39 is 0 Å². The Labute approximate surface area is 95.6 Å². The minimum Gasteiger partial charge on any atom is -0.342 e. The summed E-state index contributed by atoms with van der Waals surface area (Å²) < 4.78 is 10.9. The lowest BCUT2D eigenvalue weighted by atomic mass is 10.2. The molecular formula is C8H14BrIO2. The van der Waals surface area contributed by atoms with Gasteiger partial charge in [-0.3, -0.25) is 0 Å². The number of hydrogen-bond donors (Lipinski definition) is 0. The lowest BCUT2D eigenvalue weighted by molar-refractivity contribution is -0.176. The highest BCUT2D eigenvalue weighted by Crippen LogP contribution is 2.32. The van der Waals surface area contributed by atoms with Gasteiger partial charge in [0.25, 0.3) is 0 Å². The highest BCUT2D eigenvalue weighted by molar-refractivity contribution is 14.1. The second kappa shape index (κ2) is 5.78. The number of ether oxygens (including phenoxy) is 2. The van der Waals surface area contributed by atoms with Gasteiger partial charge < -0.3 is 9.47 Å². The van der Waals surface area contributed by atoms with Crippen molar-refractivity contribution < 1.29 is 9.47 Å². The zero-order valence-corrected chi connectivity index (χ0v) is 10.8. The first-order chi connectivity index (χ1) is 5.77. The average molecular weight is 349 g/mol. The normalized spacial score (nSPS) is 30.5. The van der Waals surface area contributed by atoms with Gasteiger partial charge in [-0.1, -0.05) is 15.9 Å². The molecule has 0 bridgehead atoms. The standard InChI is InChI=1S/C8H14BrIO2/c9-5-3-7-12-8(10)4-1-2-6-11-8/h1-7H2. The molecule has 0 aromatic rings. The summed E-state index contributed by atoms with van der Waals surface area (Å²) in [5.74, 6) is 0. The van der Waals surface area contributed by atoms with Crippen LogP contribution < -0.4 is 0 Å². The zero-order valence-electron chi connectivity index (χ0n) is 7.02. The van der Waals surface area contributed by atoms with Crippen molar-refractivity contribution in [3.8, 4) is 0 Å². The fourth-order valence-corrected chi connectivity index (χ4v) is 2.18. The SMILES string of the molecule is BrCCCOC1(I)CCCCO1. The molecule has 1 heterocycles. The predicted octanol–water partition coefficient (Wildman–Crippen LogP) is 3.08. The number of halogens is 2. The smallest absolute Gasteiger partial charge is 0.221 e. The van der Waals surface area contributed by atoms with Gasteiger partial charge in [0.2, 0.25) is 3.79 Å². The molecule has 0 spiro atoms. The van der Waals surface area contributed by atoms with Crippen molar-refractivity contribution in [3.05, 3.63) is 0 Å². The molecule has 1 fully saturated rings. The molecular weight excluding hydrogens is 335 g/mol. The monoisotopic (exact) mass is 348 g/mol. The van der Waals surface area contributed by atoms with E-state index in [1.54, 1.807) is 0 Å². The Bertz CT molecular complexity index is 126. The van der Waals surface area contributed by atoms with E-state index in [4.69, 9.17) is 9.47 Å². The second-order valence-electron chi connectivity index (χ2n) is 2.86. The van der Waals surface area contributed by atoms with Crippen LogP contribution in [0.15, 0.2) is 0 Å². The first kappa shape index (κ1) is 11.2. The van der Waals surface area contributed by atoms with E-state index in [1.165, 1.54) is 12.8 Å². The Hall–Kier alpha value is 1.13. The Morgan fingerprint density at radius 2 is 2.33 bits per heavy atom. The van der Waals surface area contributed by atoms with Gasteiger partial charge in [-0.05, 0) is 41.9 Å². The Morgan fingerprint density at radius 1 is 1.50 bits per heavy atom. The van der Waals surface area contributed by atoms with Crippen LogP contribution in [0.1, 0.15) is 25.7 Å². The van der Waals surface area contributed by atoms with Crippen molar-refractivity contribution in [2.45, 2.75) is 29.5 Å². The van der Waals surface area contributed by atoms with Gasteiger partial charge in [0.15, 0.2) is 0 Å². The summed E-state index contributed by atoms with van der Waals surface area (Å²) in [6.45, 7) is 1.63. The van der Waals surface area contributed by atoms with Crippen molar-refractivity contribution >= 4 is 38.5 Å². The summed E-state index contributed by atoms with van der Waals surface area (Å²) in [5, 5.41) is 1.000. The fraction of sp³-hybridized carbons (Fsp3) is 1.00. The van der Waals surface area contributed by atoms with Crippen LogP contribution >= 0.6 is 38.5 Å².